The van der Waals surface area contributed by atoms with Crippen LogP contribution in [-0.4, -0.2) is 4.98 Å². The Balaban J connectivity index is 2.20. The van der Waals surface area contributed by atoms with Crippen molar-refractivity contribution in [2.45, 2.75) is 12.5 Å². The van der Waals surface area contributed by atoms with Gasteiger partial charge in [0.25, 0.3) is 0 Å². The fraction of sp³-hybridized carbons (Fsp3) is 0.182. The van der Waals surface area contributed by atoms with Crippen LogP contribution in [0.2, 0.25) is 0 Å². The highest BCUT2D eigenvalue weighted by Crippen LogP contribution is 2.18. The lowest BCUT2D eigenvalue weighted by Gasteiger charge is -2.14. The van der Waals surface area contributed by atoms with E-state index in [9.17, 15) is 4.39 Å². The Bertz CT molecular complexity index is 444. The smallest absolute Gasteiger partial charge is 0.146 e. The van der Waals surface area contributed by atoms with Gasteiger partial charge in [0.05, 0.1) is 24.3 Å². The zero-order valence-electron chi connectivity index (χ0n) is 8.56. The highest BCUT2D eigenvalue weighted by atomic mass is 19.1. The number of pyridine rings is 1. The predicted octanol–water partition coefficient (Wildman–Crippen LogP) is 1.56. The van der Waals surface area contributed by atoms with E-state index in [1.165, 1.54) is 12.3 Å². The van der Waals surface area contributed by atoms with Crippen LogP contribution in [0.3, 0.4) is 0 Å². The SMILES string of the molecule is NNC(Cc1ccoc1)c1ncccc1F. The van der Waals surface area contributed by atoms with Gasteiger partial charge in [-0.25, -0.2) is 4.39 Å². The van der Waals surface area contributed by atoms with Crippen molar-refractivity contribution in [3.8, 4) is 0 Å². The molecule has 3 N–H and O–H groups in total. The first-order valence-electron chi connectivity index (χ1n) is 4.89. The van der Waals surface area contributed by atoms with Crippen molar-refractivity contribution in [3.05, 3.63) is 54.0 Å². The molecule has 0 aromatic carbocycles. The van der Waals surface area contributed by atoms with Crippen molar-refractivity contribution in [1.29, 1.82) is 0 Å². The van der Waals surface area contributed by atoms with E-state index >= 15 is 0 Å². The van der Waals surface area contributed by atoms with Crippen LogP contribution in [0.4, 0.5) is 4.39 Å². The highest BCUT2D eigenvalue weighted by molar-refractivity contribution is 5.16. The zero-order chi connectivity index (χ0) is 11.4. The first kappa shape index (κ1) is 10.8. The molecule has 0 bridgehead atoms. The van der Waals surface area contributed by atoms with Crippen LogP contribution in [-0.2, 0) is 6.42 Å². The number of nitrogens with zero attached hydrogens (tertiary/aromatic N) is 1. The number of halogens is 1. The van der Waals surface area contributed by atoms with Crippen molar-refractivity contribution in [1.82, 2.24) is 10.4 Å². The van der Waals surface area contributed by atoms with Gasteiger partial charge in [-0.1, -0.05) is 0 Å². The number of rotatable bonds is 4. The van der Waals surface area contributed by atoms with E-state index in [0.29, 0.717) is 12.1 Å². The standard InChI is InChI=1S/C11H12FN3O/c12-9-2-1-4-14-11(9)10(15-13)6-8-3-5-16-7-8/h1-5,7,10,15H,6,13H2. The molecular formula is C11H12FN3O. The fourth-order valence-electron chi connectivity index (χ4n) is 1.53. The van der Waals surface area contributed by atoms with Gasteiger partial charge in [-0.2, -0.15) is 0 Å². The van der Waals surface area contributed by atoms with Gasteiger partial charge in [0.15, 0.2) is 0 Å². The minimum atomic E-state index is -0.367. The molecule has 0 aliphatic heterocycles. The molecule has 0 saturated heterocycles. The minimum absolute atomic E-state index is 0.311. The number of hydrazine groups is 1. The molecule has 0 amide bonds. The Labute approximate surface area is 92.3 Å². The first-order valence-corrected chi connectivity index (χ1v) is 4.89. The van der Waals surface area contributed by atoms with E-state index in [-0.39, 0.29) is 11.9 Å². The maximum absolute atomic E-state index is 13.5. The first-order chi connectivity index (χ1) is 7.81. The van der Waals surface area contributed by atoms with Crippen LogP contribution in [0.25, 0.3) is 0 Å². The molecule has 0 aliphatic carbocycles. The molecule has 2 heterocycles. The van der Waals surface area contributed by atoms with Gasteiger partial charge in [-0.3, -0.25) is 16.3 Å². The van der Waals surface area contributed by atoms with Gasteiger partial charge in [0.1, 0.15) is 5.82 Å². The second-order valence-electron chi connectivity index (χ2n) is 3.43. The van der Waals surface area contributed by atoms with Gasteiger partial charge in [-0.05, 0) is 30.2 Å². The van der Waals surface area contributed by atoms with Crippen LogP contribution in [0.15, 0.2) is 41.3 Å². The molecule has 0 fully saturated rings. The molecule has 0 aliphatic rings. The monoisotopic (exact) mass is 221 g/mol. The minimum Gasteiger partial charge on any atom is -0.472 e. The van der Waals surface area contributed by atoms with Crippen LogP contribution in [0.1, 0.15) is 17.3 Å². The van der Waals surface area contributed by atoms with Gasteiger partial charge in [0, 0.05) is 6.20 Å². The summed E-state index contributed by atoms with van der Waals surface area (Å²) in [6, 6.07) is 4.36. The van der Waals surface area contributed by atoms with Crippen molar-refractivity contribution in [2.24, 2.45) is 5.84 Å². The largest absolute Gasteiger partial charge is 0.472 e. The second-order valence-corrected chi connectivity index (χ2v) is 3.43. The summed E-state index contributed by atoms with van der Waals surface area (Å²) in [5.74, 6) is 5.04. The summed E-state index contributed by atoms with van der Waals surface area (Å²) in [4.78, 5) is 3.98. The Morgan fingerprint density at radius 2 is 2.38 bits per heavy atom. The average Bonchev–Trinajstić information content (AvgIpc) is 2.80. The number of furan rings is 1. The summed E-state index contributed by atoms with van der Waals surface area (Å²) < 4.78 is 18.4. The van der Waals surface area contributed by atoms with Crippen molar-refractivity contribution in [2.75, 3.05) is 0 Å². The molecular weight excluding hydrogens is 209 g/mol. The third-order valence-electron chi connectivity index (χ3n) is 2.34. The highest BCUT2D eigenvalue weighted by Gasteiger charge is 2.16. The van der Waals surface area contributed by atoms with Crippen LogP contribution in [0, 0.1) is 5.82 Å². The molecule has 84 valence electrons. The summed E-state index contributed by atoms with van der Waals surface area (Å²) >= 11 is 0. The lowest BCUT2D eigenvalue weighted by molar-refractivity contribution is 0.491. The predicted molar refractivity (Wildman–Crippen MR) is 56.7 cm³/mol. The van der Waals surface area contributed by atoms with Gasteiger partial charge >= 0.3 is 0 Å². The van der Waals surface area contributed by atoms with E-state index in [4.69, 9.17) is 10.3 Å². The Hall–Kier alpha value is -1.72. The molecule has 2 rings (SSSR count). The number of aromatic nitrogens is 1. The topological polar surface area (TPSA) is 64.1 Å². The van der Waals surface area contributed by atoms with Gasteiger partial charge < -0.3 is 4.42 Å². The van der Waals surface area contributed by atoms with Crippen molar-refractivity contribution >= 4 is 0 Å². The molecule has 4 nitrogen and oxygen atoms in total. The van der Waals surface area contributed by atoms with Gasteiger partial charge in [-0.15, -0.1) is 0 Å². The molecule has 5 heteroatoms. The molecule has 16 heavy (non-hydrogen) atoms. The summed E-state index contributed by atoms with van der Waals surface area (Å²) in [5.41, 5.74) is 3.80. The molecule has 0 spiro atoms. The van der Waals surface area contributed by atoms with E-state index in [0.717, 1.165) is 5.56 Å². The lowest BCUT2D eigenvalue weighted by Crippen LogP contribution is -2.30. The summed E-state index contributed by atoms with van der Waals surface area (Å²) in [6.07, 6.45) is 5.24. The van der Waals surface area contributed by atoms with E-state index in [2.05, 4.69) is 10.4 Å². The van der Waals surface area contributed by atoms with E-state index < -0.39 is 0 Å². The zero-order valence-corrected chi connectivity index (χ0v) is 8.56. The average molecular weight is 221 g/mol. The quantitative estimate of drug-likeness (QED) is 0.607. The van der Waals surface area contributed by atoms with E-state index in [1.54, 1.807) is 18.6 Å². The Morgan fingerprint density at radius 1 is 1.50 bits per heavy atom. The lowest BCUT2D eigenvalue weighted by atomic mass is 10.1. The molecule has 0 radical (unpaired) electrons. The third-order valence-corrected chi connectivity index (χ3v) is 2.34. The molecule has 2 aromatic heterocycles. The summed E-state index contributed by atoms with van der Waals surface area (Å²) in [7, 11) is 0. The maximum Gasteiger partial charge on any atom is 0.146 e. The summed E-state index contributed by atoms with van der Waals surface area (Å²) in [5, 5.41) is 0. The molecule has 0 saturated carbocycles. The maximum atomic E-state index is 13.5. The Kier molecular flexibility index (Phi) is 3.28. The molecule has 2 aromatic rings. The van der Waals surface area contributed by atoms with Crippen molar-refractivity contribution in [3.63, 3.8) is 0 Å². The Morgan fingerprint density at radius 3 is 3.00 bits per heavy atom. The normalized spacial score (nSPS) is 12.6. The number of nitrogens with one attached hydrogen (secondary N) is 1. The molecule has 1 unspecified atom stereocenters. The number of hydrogen-bond donors (Lipinski definition) is 2. The second kappa shape index (κ2) is 4.87. The fourth-order valence-corrected chi connectivity index (χ4v) is 1.53. The molecule has 1 atom stereocenters. The summed E-state index contributed by atoms with van der Waals surface area (Å²) in [6.45, 7) is 0. The van der Waals surface area contributed by atoms with E-state index in [1.807, 2.05) is 6.07 Å². The van der Waals surface area contributed by atoms with Gasteiger partial charge in [0.2, 0.25) is 0 Å². The van der Waals surface area contributed by atoms with Crippen LogP contribution >= 0.6 is 0 Å². The van der Waals surface area contributed by atoms with Crippen LogP contribution < -0.4 is 11.3 Å². The van der Waals surface area contributed by atoms with Crippen LogP contribution in [0.5, 0.6) is 0 Å². The van der Waals surface area contributed by atoms with Crippen molar-refractivity contribution < 1.29 is 8.81 Å². The number of hydrogen-bond acceptors (Lipinski definition) is 4. The number of nitrogens with two attached hydrogens (primary N) is 1. The third kappa shape index (κ3) is 2.26.